The van der Waals surface area contributed by atoms with Crippen molar-refractivity contribution < 1.29 is 23.6 Å². The number of aryl methyl sites for hydroxylation is 1. The van der Waals surface area contributed by atoms with Crippen LogP contribution in [0.2, 0.25) is 0 Å². The molecule has 10 heteroatoms. The number of piperazine rings is 1. The van der Waals surface area contributed by atoms with Crippen LogP contribution in [0.15, 0.2) is 47.8 Å². The third kappa shape index (κ3) is 5.83. The molecule has 2 aliphatic rings. The van der Waals surface area contributed by atoms with Gasteiger partial charge in [0.15, 0.2) is 0 Å². The number of rotatable bonds is 10. The summed E-state index contributed by atoms with van der Waals surface area (Å²) in [6.45, 7) is 5.93. The van der Waals surface area contributed by atoms with Gasteiger partial charge in [0.2, 0.25) is 0 Å². The van der Waals surface area contributed by atoms with Crippen LogP contribution in [-0.2, 0) is 20.4 Å². The van der Waals surface area contributed by atoms with Crippen LogP contribution in [0.25, 0.3) is 10.1 Å². The molecule has 1 saturated heterocycles. The van der Waals surface area contributed by atoms with Crippen LogP contribution < -0.4 is 14.7 Å². The zero-order valence-corrected chi connectivity index (χ0v) is 22.2. The minimum absolute atomic E-state index is 0.203. The van der Waals surface area contributed by atoms with Crippen molar-refractivity contribution in [3.8, 4) is 5.75 Å². The summed E-state index contributed by atoms with van der Waals surface area (Å²) in [6.07, 6.45) is 3.00. The second kappa shape index (κ2) is 11.9. The lowest BCUT2D eigenvalue weighted by molar-refractivity contribution is -0.123. The number of carbonyl (C=O) groups is 1. The van der Waals surface area contributed by atoms with Gasteiger partial charge in [0.25, 0.3) is 5.91 Å². The first-order chi connectivity index (χ1) is 17.6. The lowest BCUT2D eigenvalue weighted by Crippen LogP contribution is -2.46. The van der Waals surface area contributed by atoms with E-state index in [-0.39, 0.29) is 5.91 Å². The van der Waals surface area contributed by atoms with Gasteiger partial charge in [0.1, 0.15) is 5.75 Å². The molecule has 192 valence electrons. The summed E-state index contributed by atoms with van der Waals surface area (Å²) in [6, 6.07) is 14.5. The number of carbonyl (C=O) groups excluding carboxylic acids is 1. The molecule has 1 unspecified atom stereocenters. The molecule has 2 aromatic carbocycles. The predicted molar refractivity (Wildman–Crippen MR) is 145 cm³/mol. The minimum atomic E-state index is -2.15. The smallest absolute Gasteiger partial charge is 0.353 e. The molecule has 1 aromatic heterocycles. The molecular weight excluding hydrogens is 497 g/mol. The van der Waals surface area contributed by atoms with E-state index >= 15 is 0 Å². The van der Waals surface area contributed by atoms with Crippen molar-refractivity contribution in [3.63, 3.8) is 0 Å². The summed E-state index contributed by atoms with van der Waals surface area (Å²) in [7, 11) is -0.810. The molecule has 36 heavy (non-hydrogen) atoms. The Hall–Kier alpha value is -2.26. The van der Waals surface area contributed by atoms with E-state index in [9.17, 15) is 9.69 Å². The van der Waals surface area contributed by atoms with E-state index < -0.39 is 8.60 Å². The number of hydroxylamine groups is 1. The lowest BCUT2D eigenvalue weighted by atomic mass is 10.0. The Balaban J connectivity index is 1.06. The Bertz CT molecular complexity index is 1180. The van der Waals surface area contributed by atoms with E-state index in [4.69, 9.17) is 13.9 Å². The largest absolute Gasteiger partial charge is 0.494 e. The summed E-state index contributed by atoms with van der Waals surface area (Å²) in [5, 5.41) is 4.68. The highest BCUT2D eigenvalue weighted by Gasteiger charge is 2.28. The van der Waals surface area contributed by atoms with Crippen molar-refractivity contribution in [1.82, 2.24) is 4.90 Å². The van der Waals surface area contributed by atoms with Crippen LogP contribution in [0.4, 0.5) is 11.4 Å². The number of thiophene rings is 1. The molecule has 5 rings (SSSR count). The molecule has 1 amide bonds. The van der Waals surface area contributed by atoms with Crippen LogP contribution >= 0.6 is 19.9 Å². The number of benzene rings is 2. The highest BCUT2D eigenvalue weighted by Crippen LogP contribution is 2.39. The quantitative estimate of drug-likeness (QED) is 0.294. The SMILES string of the molecule is COP(O)ON1C(=O)CCc2ccc(OCCCCN3CCN(c4cccc5sccc45)CC3)cc21. The fourth-order valence-electron chi connectivity index (χ4n) is 4.80. The van der Waals surface area contributed by atoms with Gasteiger partial charge in [-0.15, -0.1) is 11.3 Å². The number of amides is 1. The fourth-order valence-corrected chi connectivity index (χ4v) is 5.99. The Morgan fingerprint density at radius 2 is 1.89 bits per heavy atom. The molecule has 0 saturated carbocycles. The normalized spacial score (nSPS) is 17.4. The standard InChI is InChI=1S/C26H32N3O5PS/c1-32-35(31)34-29-24-19-21(9-7-20(24)8-10-26(29)30)33-17-3-2-12-27-13-15-28(16-14-27)23-5-4-6-25-22(23)11-18-36-25/h4-7,9,11,18-19,31H,2-3,8,10,12-17H2,1H3. The predicted octanol–water partition coefficient (Wildman–Crippen LogP) is 4.96. The number of ether oxygens (including phenoxy) is 1. The molecule has 1 fully saturated rings. The molecule has 3 aromatic rings. The Labute approximate surface area is 216 Å². The molecule has 1 atom stereocenters. The molecule has 2 aliphatic heterocycles. The van der Waals surface area contributed by atoms with Gasteiger partial charge >= 0.3 is 8.60 Å². The van der Waals surface area contributed by atoms with Gasteiger partial charge in [-0.3, -0.25) is 9.69 Å². The lowest BCUT2D eigenvalue weighted by Gasteiger charge is -2.36. The number of hydrogen-bond donors (Lipinski definition) is 1. The molecular formula is C26H32N3O5PS. The molecule has 0 aliphatic carbocycles. The topological polar surface area (TPSA) is 74.7 Å². The summed E-state index contributed by atoms with van der Waals surface area (Å²) in [4.78, 5) is 27.1. The van der Waals surface area contributed by atoms with Crippen molar-refractivity contribution in [2.45, 2.75) is 25.7 Å². The summed E-state index contributed by atoms with van der Waals surface area (Å²) < 4.78 is 17.4. The average Bonchev–Trinajstić information content (AvgIpc) is 3.40. The summed E-state index contributed by atoms with van der Waals surface area (Å²) >= 11 is 1.80. The molecule has 1 N–H and O–H groups in total. The van der Waals surface area contributed by atoms with Crippen molar-refractivity contribution >= 4 is 47.3 Å². The Morgan fingerprint density at radius 3 is 2.72 bits per heavy atom. The highest BCUT2D eigenvalue weighted by atomic mass is 32.1. The van der Waals surface area contributed by atoms with Crippen LogP contribution in [0.5, 0.6) is 5.75 Å². The van der Waals surface area contributed by atoms with Gasteiger partial charge in [0, 0.05) is 61.5 Å². The van der Waals surface area contributed by atoms with E-state index in [0.717, 1.165) is 56.2 Å². The first-order valence-corrected chi connectivity index (χ1v) is 14.4. The Morgan fingerprint density at radius 1 is 1.03 bits per heavy atom. The molecule has 0 bridgehead atoms. The van der Waals surface area contributed by atoms with Crippen LogP contribution in [0, 0.1) is 0 Å². The highest BCUT2D eigenvalue weighted by molar-refractivity contribution is 7.40. The molecule has 0 spiro atoms. The molecule has 3 heterocycles. The maximum Gasteiger partial charge on any atom is 0.353 e. The minimum Gasteiger partial charge on any atom is -0.494 e. The summed E-state index contributed by atoms with van der Waals surface area (Å²) in [5.41, 5.74) is 2.95. The zero-order chi connectivity index (χ0) is 24.9. The molecule has 0 radical (unpaired) electrons. The van der Waals surface area contributed by atoms with Crippen molar-refractivity contribution in [2.24, 2.45) is 0 Å². The van der Waals surface area contributed by atoms with Gasteiger partial charge < -0.3 is 19.1 Å². The second-order valence-corrected chi connectivity index (χ2v) is 10.9. The van der Waals surface area contributed by atoms with Crippen LogP contribution in [-0.4, -0.2) is 62.1 Å². The van der Waals surface area contributed by atoms with E-state index in [2.05, 4.69) is 39.4 Å². The van der Waals surface area contributed by atoms with Crippen molar-refractivity contribution in [2.75, 3.05) is 56.4 Å². The van der Waals surface area contributed by atoms with Crippen molar-refractivity contribution in [1.29, 1.82) is 0 Å². The van der Waals surface area contributed by atoms with Crippen LogP contribution in [0.1, 0.15) is 24.8 Å². The number of nitrogens with zero attached hydrogens (tertiary/aromatic N) is 3. The van der Waals surface area contributed by atoms with E-state index in [0.29, 0.717) is 30.9 Å². The fraction of sp³-hybridized carbons (Fsp3) is 0.423. The van der Waals surface area contributed by atoms with Gasteiger partial charge in [-0.25, -0.2) is 0 Å². The van der Waals surface area contributed by atoms with Gasteiger partial charge in [0.05, 0.1) is 12.3 Å². The molecule has 8 nitrogen and oxygen atoms in total. The average molecular weight is 530 g/mol. The van der Waals surface area contributed by atoms with Gasteiger partial charge in [-0.2, -0.15) is 9.69 Å². The van der Waals surface area contributed by atoms with Gasteiger partial charge in [-0.05, 0) is 61.0 Å². The number of anilines is 2. The monoisotopic (exact) mass is 529 g/mol. The number of hydrogen-bond acceptors (Lipinski definition) is 8. The van der Waals surface area contributed by atoms with E-state index in [1.807, 2.05) is 12.1 Å². The third-order valence-electron chi connectivity index (χ3n) is 6.74. The maximum absolute atomic E-state index is 12.3. The van der Waals surface area contributed by atoms with Gasteiger partial charge in [-0.1, -0.05) is 12.1 Å². The maximum atomic E-state index is 12.3. The Kier molecular flexibility index (Phi) is 8.36. The summed E-state index contributed by atoms with van der Waals surface area (Å²) in [5.74, 6) is 0.485. The number of unbranched alkanes of at least 4 members (excludes halogenated alkanes) is 1. The van der Waals surface area contributed by atoms with Crippen molar-refractivity contribution in [3.05, 3.63) is 53.4 Å². The first-order valence-electron chi connectivity index (χ1n) is 12.4. The van der Waals surface area contributed by atoms with Crippen LogP contribution in [0.3, 0.4) is 0 Å². The number of fused-ring (bicyclic) bond motifs is 2. The first kappa shape index (κ1) is 25.4. The van der Waals surface area contributed by atoms with E-state index in [1.54, 1.807) is 17.4 Å². The zero-order valence-electron chi connectivity index (χ0n) is 20.5. The third-order valence-corrected chi connectivity index (χ3v) is 8.24. The second-order valence-electron chi connectivity index (χ2n) is 8.97. The van der Waals surface area contributed by atoms with E-state index in [1.165, 1.54) is 22.9 Å².